The standard InChI is InChI=1S/C27H38ClN3O/c1-2-3-4-5-6-7-8-9-10-11-12-13-14-15-16-19-27(32)31(25-20-22-29-23-21-25)30-24-17-18-26(30)28/h6-7,9-10,17-18,20-24H,2-5,8,11-16,19H2,1H3. The largest absolute Gasteiger partial charge is 0.273 e. The van der Waals surface area contributed by atoms with Crippen LogP contribution in [0.25, 0.3) is 0 Å². The number of amides is 1. The summed E-state index contributed by atoms with van der Waals surface area (Å²) in [5, 5.41) is 2.14. The SMILES string of the molecule is CCCCCC=CCC=CCCCCCCCC(=O)N(c1ccncc1)n1cccc1Cl. The molecule has 0 bridgehead atoms. The highest BCUT2D eigenvalue weighted by Gasteiger charge is 2.18. The van der Waals surface area contributed by atoms with Gasteiger partial charge in [-0.3, -0.25) is 9.78 Å². The molecule has 1 amide bonds. The van der Waals surface area contributed by atoms with Crippen molar-refractivity contribution < 1.29 is 4.79 Å². The molecule has 174 valence electrons. The van der Waals surface area contributed by atoms with Gasteiger partial charge in [0.15, 0.2) is 0 Å². The van der Waals surface area contributed by atoms with Crippen LogP contribution in [0.3, 0.4) is 0 Å². The van der Waals surface area contributed by atoms with E-state index in [1.165, 1.54) is 38.5 Å². The van der Waals surface area contributed by atoms with E-state index in [2.05, 4.69) is 36.2 Å². The van der Waals surface area contributed by atoms with Crippen LogP contribution in [0.2, 0.25) is 5.15 Å². The van der Waals surface area contributed by atoms with Crippen LogP contribution in [0.5, 0.6) is 0 Å². The van der Waals surface area contributed by atoms with Gasteiger partial charge in [-0.1, -0.05) is 74.9 Å². The molecule has 5 heteroatoms. The second-order valence-corrected chi connectivity index (χ2v) is 8.45. The predicted molar refractivity (Wildman–Crippen MR) is 136 cm³/mol. The van der Waals surface area contributed by atoms with Crippen LogP contribution < -0.4 is 5.01 Å². The minimum absolute atomic E-state index is 0.0417. The van der Waals surface area contributed by atoms with E-state index >= 15 is 0 Å². The lowest BCUT2D eigenvalue weighted by atomic mass is 10.1. The highest BCUT2D eigenvalue weighted by atomic mass is 35.5. The van der Waals surface area contributed by atoms with E-state index in [-0.39, 0.29) is 5.91 Å². The maximum Gasteiger partial charge on any atom is 0.246 e. The quantitative estimate of drug-likeness (QED) is 0.189. The number of anilines is 1. The third-order valence-corrected chi connectivity index (χ3v) is 5.68. The fourth-order valence-electron chi connectivity index (χ4n) is 3.58. The molecule has 0 fully saturated rings. The molecule has 2 aromatic rings. The van der Waals surface area contributed by atoms with Gasteiger partial charge in [0.25, 0.3) is 0 Å². The van der Waals surface area contributed by atoms with Gasteiger partial charge in [0.2, 0.25) is 5.91 Å². The molecular formula is C27H38ClN3O. The highest BCUT2D eigenvalue weighted by molar-refractivity contribution is 6.30. The second kappa shape index (κ2) is 16.3. The number of rotatable bonds is 16. The van der Waals surface area contributed by atoms with Crippen molar-refractivity contribution in [2.24, 2.45) is 0 Å². The molecule has 32 heavy (non-hydrogen) atoms. The minimum atomic E-state index is 0.0417. The zero-order valence-electron chi connectivity index (χ0n) is 19.5. The topological polar surface area (TPSA) is 38.1 Å². The number of carbonyl (C=O) groups excluding carboxylic acids is 1. The number of halogens is 1. The number of unbranched alkanes of at least 4 members (excludes halogenated alkanes) is 8. The van der Waals surface area contributed by atoms with Crippen LogP contribution in [0.4, 0.5) is 5.69 Å². The Kier molecular flexibility index (Phi) is 13.2. The molecule has 0 saturated heterocycles. The number of hydrogen-bond donors (Lipinski definition) is 0. The molecule has 0 aliphatic heterocycles. The third kappa shape index (κ3) is 9.86. The molecule has 0 spiro atoms. The Labute approximate surface area is 199 Å². The van der Waals surface area contributed by atoms with Crippen molar-refractivity contribution in [1.82, 2.24) is 9.66 Å². The van der Waals surface area contributed by atoms with Crippen molar-refractivity contribution in [3.63, 3.8) is 0 Å². The van der Waals surface area contributed by atoms with Gasteiger partial charge in [-0.25, -0.2) is 9.69 Å². The van der Waals surface area contributed by atoms with E-state index in [9.17, 15) is 4.79 Å². The van der Waals surface area contributed by atoms with Gasteiger partial charge in [-0.05, 0) is 62.8 Å². The second-order valence-electron chi connectivity index (χ2n) is 8.07. The fraction of sp³-hybridized carbons (Fsp3) is 0.481. The van der Waals surface area contributed by atoms with Gasteiger partial charge in [-0.2, -0.15) is 0 Å². The molecule has 2 rings (SSSR count). The lowest BCUT2D eigenvalue weighted by molar-refractivity contribution is -0.119. The van der Waals surface area contributed by atoms with Gasteiger partial charge in [0.05, 0.1) is 5.69 Å². The smallest absolute Gasteiger partial charge is 0.246 e. The lowest BCUT2D eigenvalue weighted by Crippen LogP contribution is -2.35. The number of carbonyl (C=O) groups is 1. The summed E-state index contributed by atoms with van der Waals surface area (Å²) in [5.41, 5.74) is 0.769. The monoisotopic (exact) mass is 455 g/mol. The van der Waals surface area contributed by atoms with E-state index in [1.54, 1.807) is 34.3 Å². The zero-order chi connectivity index (χ0) is 22.9. The van der Waals surface area contributed by atoms with Gasteiger partial charge in [-0.15, -0.1) is 0 Å². The number of nitrogens with zero attached hydrogens (tertiary/aromatic N) is 3. The Bertz CT molecular complexity index is 813. The third-order valence-electron chi connectivity index (χ3n) is 5.38. The maximum absolute atomic E-state index is 12.9. The van der Waals surface area contributed by atoms with Gasteiger partial charge in [0, 0.05) is 25.0 Å². The Morgan fingerprint density at radius 2 is 1.59 bits per heavy atom. The molecule has 0 aliphatic carbocycles. The Morgan fingerprint density at radius 1 is 0.938 bits per heavy atom. The molecule has 2 heterocycles. The Balaban J connectivity index is 1.60. The number of pyridine rings is 1. The first-order valence-corrected chi connectivity index (χ1v) is 12.5. The van der Waals surface area contributed by atoms with Crippen molar-refractivity contribution in [2.75, 3.05) is 5.01 Å². The van der Waals surface area contributed by atoms with Crippen LogP contribution in [0.15, 0.2) is 67.2 Å². The van der Waals surface area contributed by atoms with E-state index in [0.29, 0.717) is 11.6 Å². The normalized spacial score (nSPS) is 11.6. The summed E-state index contributed by atoms with van der Waals surface area (Å²) in [6.07, 6.45) is 27.7. The summed E-state index contributed by atoms with van der Waals surface area (Å²) in [7, 11) is 0. The van der Waals surface area contributed by atoms with E-state index in [0.717, 1.165) is 37.8 Å². The number of allylic oxidation sites excluding steroid dienone is 4. The van der Waals surface area contributed by atoms with Crippen LogP contribution in [0.1, 0.15) is 84.0 Å². The zero-order valence-corrected chi connectivity index (χ0v) is 20.2. The first-order chi connectivity index (χ1) is 15.7. The van der Waals surface area contributed by atoms with E-state index in [1.807, 2.05) is 18.2 Å². The molecule has 2 aromatic heterocycles. The number of aromatic nitrogens is 2. The van der Waals surface area contributed by atoms with Crippen LogP contribution >= 0.6 is 11.6 Å². The summed E-state index contributed by atoms with van der Waals surface area (Å²) in [6, 6.07) is 7.26. The Morgan fingerprint density at radius 3 is 2.25 bits per heavy atom. The molecule has 0 unspecified atom stereocenters. The summed E-state index contributed by atoms with van der Waals surface area (Å²) < 4.78 is 1.69. The van der Waals surface area contributed by atoms with Crippen LogP contribution in [-0.2, 0) is 4.79 Å². The van der Waals surface area contributed by atoms with Gasteiger partial charge in [0.1, 0.15) is 5.15 Å². The highest BCUT2D eigenvalue weighted by Crippen LogP contribution is 2.21. The maximum atomic E-state index is 12.9. The van der Waals surface area contributed by atoms with Crippen molar-refractivity contribution in [3.05, 3.63) is 72.3 Å². The van der Waals surface area contributed by atoms with Gasteiger partial charge < -0.3 is 0 Å². The van der Waals surface area contributed by atoms with Crippen molar-refractivity contribution in [3.8, 4) is 0 Å². The van der Waals surface area contributed by atoms with E-state index in [4.69, 9.17) is 11.6 Å². The average Bonchev–Trinajstić information content (AvgIpc) is 3.22. The molecule has 0 aliphatic rings. The first kappa shape index (κ1) is 25.9. The Hall–Kier alpha value is -2.33. The summed E-state index contributed by atoms with van der Waals surface area (Å²) in [4.78, 5) is 17.0. The summed E-state index contributed by atoms with van der Waals surface area (Å²) >= 11 is 6.27. The van der Waals surface area contributed by atoms with Crippen molar-refractivity contribution in [2.45, 2.75) is 84.0 Å². The van der Waals surface area contributed by atoms with Crippen LogP contribution in [0, 0.1) is 0 Å². The fourth-order valence-corrected chi connectivity index (χ4v) is 3.79. The molecule has 0 atom stereocenters. The van der Waals surface area contributed by atoms with Gasteiger partial charge >= 0.3 is 0 Å². The van der Waals surface area contributed by atoms with E-state index < -0.39 is 0 Å². The molecule has 0 aromatic carbocycles. The lowest BCUT2D eigenvalue weighted by Gasteiger charge is -2.24. The molecule has 4 nitrogen and oxygen atoms in total. The molecule has 0 radical (unpaired) electrons. The first-order valence-electron chi connectivity index (χ1n) is 12.1. The van der Waals surface area contributed by atoms with Crippen molar-refractivity contribution >= 4 is 23.2 Å². The predicted octanol–water partition coefficient (Wildman–Crippen LogP) is 8.15. The molecule has 0 saturated carbocycles. The minimum Gasteiger partial charge on any atom is -0.273 e. The molecule has 0 N–H and O–H groups in total. The number of hydrogen-bond acceptors (Lipinski definition) is 2. The summed E-state index contributed by atoms with van der Waals surface area (Å²) in [5.74, 6) is 0.0417. The van der Waals surface area contributed by atoms with Crippen LogP contribution in [-0.4, -0.2) is 15.6 Å². The summed E-state index contributed by atoms with van der Waals surface area (Å²) in [6.45, 7) is 2.24. The average molecular weight is 456 g/mol. The molecular weight excluding hydrogens is 418 g/mol. The van der Waals surface area contributed by atoms with Crippen molar-refractivity contribution in [1.29, 1.82) is 0 Å².